The minimum atomic E-state index is 1.12. The van der Waals surface area contributed by atoms with Gasteiger partial charge in [0.25, 0.3) is 0 Å². The largest absolute Gasteiger partial charge is 0.310 e. The first-order chi connectivity index (χ1) is 37.7. The lowest BCUT2D eigenvalue weighted by atomic mass is 10.0. The monoisotopic (exact) mass is 1000 g/mol. The van der Waals surface area contributed by atoms with Gasteiger partial charge in [0.2, 0.25) is 0 Å². The molecule has 0 fully saturated rings. The number of fused-ring (bicyclic) bond motifs is 13. The molecule has 0 saturated heterocycles. The summed E-state index contributed by atoms with van der Waals surface area (Å²) in [7, 11) is 0. The van der Waals surface area contributed by atoms with E-state index >= 15 is 0 Å². The fourth-order valence-electron chi connectivity index (χ4n) is 12.0. The van der Waals surface area contributed by atoms with E-state index in [0.29, 0.717) is 0 Å². The van der Waals surface area contributed by atoms with Gasteiger partial charge >= 0.3 is 0 Å². The summed E-state index contributed by atoms with van der Waals surface area (Å²) in [6, 6.07) is 98.1. The molecule has 0 aliphatic heterocycles. The second kappa shape index (κ2) is 17.0. The van der Waals surface area contributed by atoms with Crippen molar-refractivity contribution in [1.82, 2.24) is 9.13 Å². The van der Waals surface area contributed by atoms with Crippen molar-refractivity contribution in [3.05, 3.63) is 267 Å². The maximum absolute atomic E-state index is 2.44. The summed E-state index contributed by atoms with van der Waals surface area (Å²) in [4.78, 5) is 4.83. The molecule has 0 radical (unpaired) electrons. The molecule has 356 valence electrons. The Kier molecular flexibility index (Phi) is 9.64. The molecule has 0 bridgehead atoms. The molecule has 16 aromatic rings. The van der Waals surface area contributed by atoms with Crippen molar-refractivity contribution in [1.29, 1.82) is 0 Å². The molecule has 0 aliphatic rings. The predicted molar refractivity (Wildman–Crippen MR) is 328 cm³/mol. The second-order valence-corrected chi connectivity index (χ2v) is 21.9. The minimum absolute atomic E-state index is 1.12. The van der Waals surface area contributed by atoms with Crippen LogP contribution in [0.4, 0.5) is 34.1 Å². The van der Waals surface area contributed by atoms with E-state index in [1.165, 1.54) is 94.7 Å². The number of aromatic nitrogens is 2. The van der Waals surface area contributed by atoms with E-state index in [4.69, 9.17) is 0 Å². The van der Waals surface area contributed by atoms with Gasteiger partial charge in [-0.1, -0.05) is 109 Å². The van der Waals surface area contributed by atoms with Gasteiger partial charge in [0, 0.05) is 107 Å². The zero-order valence-electron chi connectivity index (χ0n) is 41.0. The number of rotatable bonds is 8. The molecule has 0 atom stereocenters. The van der Waals surface area contributed by atoms with Gasteiger partial charge in [-0.25, -0.2) is 0 Å². The number of hydrogen-bond acceptors (Lipinski definition) is 4. The molecule has 4 nitrogen and oxygen atoms in total. The van der Waals surface area contributed by atoms with Crippen LogP contribution in [0.1, 0.15) is 0 Å². The van der Waals surface area contributed by atoms with Crippen molar-refractivity contribution in [2.45, 2.75) is 0 Å². The number of hydrogen-bond donors (Lipinski definition) is 0. The second-order valence-electron chi connectivity index (χ2n) is 19.7. The third kappa shape index (κ3) is 6.75. The Hall–Kier alpha value is -9.46. The van der Waals surface area contributed by atoms with Crippen molar-refractivity contribution < 1.29 is 0 Å². The molecule has 0 saturated carbocycles. The van der Waals surface area contributed by atoms with Crippen LogP contribution < -0.4 is 9.80 Å². The molecule has 76 heavy (non-hydrogen) atoms. The van der Waals surface area contributed by atoms with Gasteiger partial charge in [-0.05, 0) is 168 Å². The zero-order chi connectivity index (χ0) is 49.8. The maximum atomic E-state index is 2.44. The van der Waals surface area contributed by atoms with E-state index in [-0.39, 0.29) is 0 Å². The van der Waals surface area contributed by atoms with Crippen LogP contribution in [-0.4, -0.2) is 9.13 Å². The van der Waals surface area contributed by atoms with Gasteiger partial charge in [0.1, 0.15) is 0 Å². The third-order valence-corrected chi connectivity index (χ3v) is 17.7. The summed E-state index contributed by atoms with van der Waals surface area (Å²) < 4.78 is 9.92. The summed E-state index contributed by atoms with van der Waals surface area (Å²) in [5.74, 6) is 0. The number of anilines is 6. The van der Waals surface area contributed by atoms with Crippen molar-refractivity contribution in [3.63, 3.8) is 0 Å². The van der Waals surface area contributed by atoms with E-state index < -0.39 is 0 Å². The fourth-order valence-corrected chi connectivity index (χ4v) is 14.2. The number of benzene rings is 12. The molecule has 12 aromatic carbocycles. The van der Waals surface area contributed by atoms with Gasteiger partial charge in [-0.3, -0.25) is 0 Å². The van der Waals surface area contributed by atoms with Crippen LogP contribution in [0.2, 0.25) is 0 Å². The molecule has 0 amide bonds. The van der Waals surface area contributed by atoms with Crippen LogP contribution in [0.3, 0.4) is 0 Å². The first-order valence-corrected chi connectivity index (χ1v) is 27.4. The Labute approximate surface area is 446 Å². The highest BCUT2D eigenvalue weighted by atomic mass is 32.1. The highest BCUT2D eigenvalue weighted by Gasteiger charge is 2.21. The zero-order valence-corrected chi connectivity index (χ0v) is 42.6. The Morgan fingerprint density at radius 3 is 0.987 bits per heavy atom. The fraction of sp³-hybridized carbons (Fsp3) is 0. The molecular weight excluding hydrogens is 961 g/mol. The smallest absolute Gasteiger partial charge is 0.0542 e. The van der Waals surface area contributed by atoms with Crippen molar-refractivity contribution >= 4 is 152 Å². The Morgan fingerprint density at radius 1 is 0.224 bits per heavy atom. The van der Waals surface area contributed by atoms with Crippen LogP contribution in [0.5, 0.6) is 0 Å². The number of nitrogens with zero attached hydrogens (tertiary/aromatic N) is 4. The van der Waals surface area contributed by atoms with Gasteiger partial charge in [-0.15, -0.1) is 22.7 Å². The van der Waals surface area contributed by atoms with E-state index in [2.05, 4.69) is 286 Å². The molecule has 4 aromatic heterocycles. The summed E-state index contributed by atoms with van der Waals surface area (Å²) in [6.07, 6.45) is 0. The normalized spacial score (nSPS) is 11.9. The van der Waals surface area contributed by atoms with E-state index in [9.17, 15) is 0 Å². The summed E-state index contributed by atoms with van der Waals surface area (Å²) >= 11 is 3.76. The average molecular weight is 1010 g/mol. The maximum Gasteiger partial charge on any atom is 0.0542 e. The molecule has 6 heteroatoms. The highest BCUT2D eigenvalue weighted by molar-refractivity contribution is 7.26. The first kappa shape index (κ1) is 43.0. The Balaban J connectivity index is 0.825. The van der Waals surface area contributed by atoms with Crippen LogP contribution in [0.25, 0.3) is 106 Å². The average Bonchev–Trinajstić information content (AvgIpc) is 4.23. The van der Waals surface area contributed by atoms with Crippen LogP contribution in [-0.2, 0) is 0 Å². The summed E-state index contributed by atoms with van der Waals surface area (Å²) in [6.45, 7) is 0. The van der Waals surface area contributed by atoms with Crippen LogP contribution in [0.15, 0.2) is 267 Å². The van der Waals surface area contributed by atoms with E-state index in [1.807, 2.05) is 22.7 Å². The molecule has 4 heterocycles. The van der Waals surface area contributed by atoms with Gasteiger partial charge < -0.3 is 18.9 Å². The third-order valence-electron chi connectivity index (χ3n) is 15.4. The molecule has 0 spiro atoms. The Morgan fingerprint density at radius 2 is 0.553 bits per heavy atom. The lowest BCUT2D eigenvalue weighted by Crippen LogP contribution is -2.09. The SMILES string of the molecule is c1ccc(N(c2ccc3sc4cc5cc6sc7ccc(N(c8ccccc8)c8ccc9c(c8)c8ccccc8n9-c8ccccc8)cc7c6cc5cc4c3c2)c2ccc3c(c2)c2ccccc2n3-c2ccccc2)cc1. The van der Waals surface area contributed by atoms with Crippen LogP contribution in [0, 0.1) is 0 Å². The predicted octanol–water partition coefficient (Wildman–Crippen LogP) is 20.7. The molecule has 0 unspecified atom stereocenters. The lowest BCUT2D eigenvalue weighted by molar-refractivity contribution is 1.18. The quantitative estimate of drug-likeness (QED) is 0.151. The molecule has 0 N–H and O–H groups in total. The summed E-state index contributed by atoms with van der Waals surface area (Å²) in [5.41, 5.74) is 13.8. The number of para-hydroxylation sites is 6. The first-order valence-electron chi connectivity index (χ1n) is 25.8. The lowest BCUT2D eigenvalue weighted by Gasteiger charge is -2.26. The van der Waals surface area contributed by atoms with Gasteiger partial charge in [0.15, 0.2) is 0 Å². The van der Waals surface area contributed by atoms with Crippen molar-refractivity contribution in [2.24, 2.45) is 0 Å². The van der Waals surface area contributed by atoms with Crippen molar-refractivity contribution in [3.8, 4) is 11.4 Å². The highest BCUT2D eigenvalue weighted by Crippen LogP contribution is 2.47. The molecule has 0 aliphatic carbocycles. The van der Waals surface area contributed by atoms with E-state index in [0.717, 1.165) is 45.5 Å². The molecule has 16 rings (SSSR count). The van der Waals surface area contributed by atoms with E-state index in [1.54, 1.807) is 0 Å². The topological polar surface area (TPSA) is 16.3 Å². The van der Waals surface area contributed by atoms with Gasteiger partial charge in [0.05, 0.1) is 22.1 Å². The molecular formula is C70H44N4S2. The Bertz CT molecular complexity index is 4630. The van der Waals surface area contributed by atoms with Crippen molar-refractivity contribution in [2.75, 3.05) is 9.80 Å². The standard InChI is InChI=1S/C70H44N4S2/c1-5-17-47(18-6-1)71(51-29-33-65-57(41-51)55-25-13-15-27-63(55)73(65)49-21-9-3-10-22-49)53-31-35-67-61(43-53)59-37-45-38-60-62-44-54(32-36-68(62)76-70(60)40-46(45)39-69(59)75-67)72(48-19-7-2-8-20-48)52-30-34-66-58(42-52)56-26-14-16-28-64(56)74(66)50-23-11-4-12-24-50/h1-44H. The summed E-state index contributed by atoms with van der Waals surface area (Å²) in [5, 5.41) is 12.5. The minimum Gasteiger partial charge on any atom is -0.310 e. The number of thiophene rings is 2. The van der Waals surface area contributed by atoms with Gasteiger partial charge in [-0.2, -0.15) is 0 Å². The van der Waals surface area contributed by atoms with Crippen LogP contribution >= 0.6 is 22.7 Å².